The van der Waals surface area contributed by atoms with Crippen LogP contribution in [0.15, 0.2) is 34.0 Å². The van der Waals surface area contributed by atoms with Crippen LogP contribution in [-0.4, -0.2) is 39.5 Å². The Morgan fingerprint density at radius 3 is 2.96 bits per heavy atom. The van der Waals surface area contributed by atoms with Gasteiger partial charge in [-0.15, -0.1) is 0 Å². The Morgan fingerprint density at radius 1 is 1.56 bits per heavy atom. The number of hydrogen-bond donors (Lipinski definition) is 0. The quantitative estimate of drug-likeness (QED) is 0.750. The van der Waals surface area contributed by atoms with Gasteiger partial charge in [0.05, 0.1) is 39.2 Å². The fourth-order valence-corrected chi connectivity index (χ4v) is 3.34. The van der Waals surface area contributed by atoms with Crippen molar-refractivity contribution in [2.45, 2.75) is 19.1 Å². The summed E-state index contributed by atoms with van der Waals surface area (Å²) in [7, 11) is 3.46. The number of carbonyl (C=O) groups is 1. The maximum Gasteiger partial charge on any atom is 0.267 e. The first-order valence-electron chi connectivity index (χ1n) is 7.47. The largest absolute Gasteiger partial charge is 0.382 e. The van der Waals surface area contributed by atoms with Crippen LogP contribution in [0.5, 0.6) is 0 Å². The molecule has 0 fully saturated rings. The van der Waals surface area contributed by atoms with E-state index in [1.165, 1.54) is 17.0 Å². The summed E-state index contributed by atoms with van der Waals surface area (Å²) in [6.45, 7) is 0.353. The zero-order valence-corrected chi connectivity index (χ0v) is 15.9. The van der Waals surface area contributed by atoms with E-state index in [1.807, 2.05) is 0 Å². The van der Waals surface area contributed by atoms with Crippen LogP contribution >= 0.6 is 27.5 Å². The maximum absolute atomic E-state index is 14.0. The van der Waals surface area contributed by atoms with Crippen LogP contribution in [0.1, 0.15) is 17.7 Å². The molecular formula is C16H15BrClFN4O2. The standard InChI is InChI=1S/C16H15BrClFN4O2/c1-22(8-13-9(17)7-20-23(13)2)16(24)14-6-12(21-25-14)15-10(18)4-3-5-11(15)19/h3-5,7,14H,6,8H2,1-2H3. The minimum absolute atomic E-state index is 0.163. The van der Waals surface area contributed by atoms with Gasteiger partial charge in [0.15, 0.2) is 0 Å². The Kier molecular flexibility index (Phi) is 5.10. The van der Waals surface area contributed by atoms with Crippen molar-refractivity contribution in [3.63, 3.8) is 0 Å². The number of aryl methyl sites for hydroxylation is 1. The third kappa shape index (κ3) is 3.55. The minimum atomic E-state index is -0.803. The molecule has 2 aromatic rings. The number of likely N-dealkylation sites (N-methyl/N-ethyl adjacent to an activating group) is 1. The minimum Gasteiger partial charge on any atom is -0.382 e. The van der Waals surface area contributed by atoms with Crippen LogP contribution in [0.2, 0.25) is 5.02 Å². The Hall–Kier alpha value is -1.93. The Morgan fingerprint density at radius 2 is 2.32 bits per heavy atom. The molecule has 0 radical (unpaired) electrons. The highest BCUT2D eigenvalue weighted by Gasteiger charge is 2.33. The summed E-state index contributed by atoms with van der Waals surface area (Å²) in [5.74, 6) is -0.741. The second-order valence-electron chi connectivity index (χ2n) is 5.69. The smallest absolute Gasteiger partial charge is 0.267 e. The van der Waals surface area contributed by atoms with Crippen LogP contribution in [0.4, 0.5) is 4.39 Å². The number of aromatic nitrogens is 2. The van der Waals surface area contributed by atoms with Gasteiger partial charge in [-0.2, -0.15) is 5.10 Å². The molecule has 2 heterocycles. The summed E-state index contributed by atoms with van der Waals surface area (Å²) in [4.78, 5) is 19.3. The van der Waals surface area contributed by atoms with E-state index in [2.05, 4.69) is 26.2 Å². The molecule has 0 bridgehead atoms. The first-order chi connectivity index (χ1) is 11.9. The third-order valence-corrected chi connectivity index (χ3v) is 4.95. The summed E-state index contributed by atoms with van der Waals surface area (Å²) in [5.41, 5.74) is 1.36. The van der Waals surface area contributed by atoms with Crippen molar-refractivity contribution >= 4 is 39.1 Å². The van der Waals surface area contributed by atoms with Crippen molar-refractivity contribution < 1.29 is 14.0 Å². The van der Waals surface area contributed by atoms with E-state index in [4.69, 9.17) is 16.4 Å². The number of hydrogen-bond acceptors (Lipinski definition) is 4. The highest BCUT2D eigenvalue weighted by atomic mass is 79.9. The first kappa shape index (κ1) is 17.9. The molecule has 6 nitrogen and oxygen atoms in total. The molecule has 25 heavy (non-hydrogen) atoms. The molecular weight excluding hydrogens is 415 g/mol. The average Bonchev–Trinajstić information content (AvgIpc) is 3.16. The van der Waals surface area contributed by atoms with Crippen molar-refractivity contribution in [2.75, 3.05) is 7.05 Å². The lowest BCUT2D eigenvalue weighted by molar-refractivity contribution is -0.141. The fourth-order valence-electron chi connectivity index (χ4n) is 2.59. The van der Waals surface area contributed by atoms with Crippen LogP contribution in [0.3, 0.4) is 0 Å². The molecule has 1 aliphatic heterocycles. The van der Waals surface area contributed by atoms with Gasteiger partial charge >= 0.3 is 0 Å². The van der Waals surface area contributed by atoms with E-state index in [9.17, 15) is 9.18 Å². The van der Waals surface area contributed by atoms with Gasteiger partial charge in [0, 0.05) is 20.5 Å². The monoisotopic (exact) mass is 428 g/mol. The lowest BCUT2D eigenvalue weighted by atomic mass is 10.0. The van der Waals surface area contributed by atoms with Gasteiger partial charge in [-0.3, -0.25) is 9.48 Å². The summed E-state index contributed by atoms with van der Waals surface area (Å²) < 4.78 is 16.5. The zero-order valence-electron chi connectivity index (χ0n) is 13.5. The number of carbonyl (C=O) groups excluding carboxylic acids is 1. The summed E-state index contributed by atoms with van der Waals surface area (Å²) >= 11 is 9.45. The first-order valence-corrected chi connectivity index (χ1v) is 8.64. The number of amides is 1. The second kappa shape index (κ2) is 7.13. The number of benzene rings is 1. The molecule has 3 rings (SSSR count). The topological polar surface area (TPSA) is 59.7 Å². The molecule has 0 saturated carbocycles. The second-order valence-corrected chi connectivity index (χ2v) is 6.95. The molecule has 1 aromatic carbocycles. The number of halogens is 3. The molecule has 1 amide bonds. The van der Waals surface area contributed by atoms with E-state index in [-0.39, 0.29) is 22.9 Å². The zero-order chi connectivity index (χ0) is 18.1. The molecule has 1 atom stereocenters. The molecule has 0 spiro atoms. The van der Waals surface area contributed by atoms with Crippen molar-refractivity contribution in [2.24, 2.45) is 12.2 Å². The van der Waals surface area contributed by atoms with Gasteiger partial charge in [0.2, 0.25) is 6.10 Å². The molecule has 1 aromatic heterocycles. The van der Waals surface area contributed by atoms with Gasteiger partial charge in [-0.1, -0.05) is 22.8 Å². The van der Waals surface area contributed by atoms with Crippen molar-refractivity contribution in [1.82, 2.24) is 14.7 Å². The Balaban J connectivity index is 1.69. The van der Waals surface area contributed by atoms with Gasteiger partial charge in [0.25, 0.3) is 5.91 Å². The van der Waals surface area contributed by atoms with Crippen molar-refractivity contribution in [3.05, 3.63) is 51.0 Å². The summed E-state index contributed by atoms with van der Waals surface area (Å²) in [6.07, 6.45) is 1.03. The third-order valence-electron chi connectivity index (χ3n) is 3.97. The average molecular weight is 430 g/mol. The molecule has 1 aliphatic rings. The summed E-state index contributed by atoms with van der Waals surface area (Å²) in [5, 5.41) is 8.22. The van der Waals surface area contributed by atoms with Gasteiger partial charge in [-0.25, -0.2) is 4.39 Å². The van der Waals surface area contributed by atoms with E-state index in [0.717, 1.165) is 10.2 Å². The number of oxime groups is 1. The van der Waals surface area contributed by atoms with Crippen LogP contribution in [0.25, 0.3) is 0 Å². The Labute approximate surface area is 157 Å². The highest BCUT2D eigenvalue weighted by molar-refractivity contribution is 9.10. The van der Waals surface area contributed by atoms with Crippen LogP contribution < -0.4 is 0 Å². The van der Waals surface area contributed by atoms with E-state index < -0.39 is 11.9 Å². The lowest BCUT2D eigenvalue weighted by Crippen LogP contribution is -2.36. The van der Waals surface area contributed by atoms with Crippen LogP contribution in [-0.2, 0) is 23.2 Å². The normalized spacial score (nSPS) is 16.5. The van der Waals surface area contributed by atoms with Crippen molar-refractivity contribution in [1.29, 1.82) is 0 Å². The van der Waals surface area contributed by atoms with Gasteiger partial charge < -0.3 is 9.74 Å². The molecule has 0 N–H and O–H groups in total. The van der Waals surface area contributed by atoms with Crippen LogP contribution in [0, 0.1) is 5.82 Å². The highest BCUT2D eigenvalue weighted by Crippen LogP contribution is 2.26. The van der Waals surface area contributed by atoms with Crippen molar-refractivity contribution in [3.8, 4) is 0 Å². The van der Waals surface area contributed by atoms with E-state index >= 15 is 0 Å². The predicted molar refractivity (Wildman–Crippen MR) is 94.8 cm³/mol. The molecule has 1 unspecified atom stereocenters. The lowest BCUT2D eigenvalue weighted by Gasteiger charge is -2.20. The Bertz CT molecular complexity index is 815. The van der Waals surface area contributed by atoms with E-state index in [0.29, 0.717) is 12.3 Å². The number of rotatable bonds is 4. The fraction of sp³-hybridized carbons (Fsp3) is 0.312. The molecule has 132 valence electrons. The SMILES string of the molecule is CN(Cc1c(Br)cnn1C)C(=O)C1CC(c2c(F)cccc2Cl)=NO1. The predicted octanol–water partition coefficient (Wildman–Crippen LogP) is 3.13. The molecule has 0 aliphatic carbocycles. The summed E-state index contributed by atoms with van der Waals surface area (Å²) in [6, 6.07) is 4.38. The number of nitrogens with zero attached hydrogens (tertiary/aromatic N) is 4. The van der Waals surface area contributed by atoms with Gasteiger partial charge in [-0.05, 0) is 28.1 Å². The maximum atomic E-state index is 14.0. The molecule has 9 heteroatoms. The van der Waals surface area contributed by atoms with E-state index in [1.54, 1.807) is 31.0 Å². The van der Waals surface area contributed by atoms with Gasteiger partial charge in [0.1, 0.15) is 5.82 Å². The molecule has 0 saturated heterocycles.